The molecule has 278 valence electrons. The number of hydrogen-bond donors (Lipinski definition) is 6. The molecule has 0 spiro atoms. The van der Waals surface area contributed by atoms with Crippen molar-refractivity contribution in [3.63, 3.8) is 0 Å². The number of nitrogens with two attached hydrogens (primary N) is 1. The third-order valence-corrected chi connectivity index (χ3v) is 10.9. The van der Waals surface area contributed by atoms with Crippen LogP contribution in [0, 0.1) is 5.92 Å². The minimum atomic E-state index is -1.66. The highest BCUT2D eigenvalue weighted by Gasteiger charge is 2.45. The number of likely N-dealkylation sites (tertiary alicyclic amines) is 2. The maximum Gasteiger partial charge on any atom is 0.404 e. The zero-order valence-electron chi connectivity index (χ0n) is 29.4. The number of carbonyl (C=O) groups is 5. The van der Waals surface area contributed by atoms with Crippen molar-refractivity contribution in [3.8, 4) is 0 Å². The Kier molecular flexibility index (Phi) is 13.7. The van der Waals surface area contributed by atoms with Crippen LogP contribution < -0.4 is 21.7 Å². The lowest BCUT2D eigenvalue weighted by Crippen LogP contribution is -2.57. The highest BCUT2D eigenvalue weighted by molar-refractivity contribution is 6.01. The number of unbranched alkanes of at least 4 members (excludes halogenated alkanes) is 1. The van der Waals surface area contributed by atoms with Crippen molar-refractivity contribution in [2.75, 3.05) is 26.2 Å². The highest BCUT2D eigenvalue weighted by Crippen LogP contribution is 2.31. The molecular weight excluding hydrogens is 652 g/mol. The van der Waals surface area contributed by atoms with Crippen molar-refractivity contribution < 1.29 is 34.2 Å². The van der Waals surface area contributed by atoms with Gasteiger partial charge in [-0.2, -0.15) is 0 Å². The Labute approximate surface area is 299 Å². The van der Waals surface area contributed by atoms with Crippen LogP contribution in [0.4, 0.5) is 4.79 Å². The summed E-state index contributed by atoms with van der Waals surface area (Å²) in [7, 11) is 0. The van der Waals surface area contributed by atoms with E-state index in [0.29, 0.717) is 37.8 Å². The Balaban J connectivity index is 1.37. The zero-order chi connectivity index (χ0) is 36.3. The molecule has 13 heteroatoms. The molecule has 2 saturated heterocycles. The lowest BCUT2D eigenvalue weighted by molar-refractivity contribution is -0.141. The number of nitrogens with zero attached hydrogens (tertiary/aromatic N) is 2. The first-order chi connectivity index (χ1) is 24.6. The Morgan fingerprint density at radius 1 is 0.882 bits per heavy atom. The third-order valence-electron chi connectivity index (χ3n) is 10.9. The predicted octanol–water partition coefficient (Wildman–Crippen LogP) is 3.13. The van der Waals surface area contributed by atoms with E-state index < -0.39 is 42.1 Å². The number of nitrogens with one attached hydrogen (secondary N) is 3. The van der Waals surface area contributed by atoms with Gasteiger partial charge in [-0.25, -0.2) is 4.79 Å². The molecule has 1 aliphatic carbocycles. The van der Waals surface area contributed by atoms with Gasteiger partial charge in [0.25, 0.3) is 5.91 Å². The molecular formula is C38H54N6O7. The smallest absolute Gasteiger partial charge is 0.404 e. The van der Waals surface area contributed by atoms with Crippen molar-refractivity contribution >= 4 is 40.5 Å². The van der Waals surface area contributed by atoms with Crippen LogP contribution >= 0.6 is 0 Å². The van der Waals surface area contributed by atoms with E-state index in [2.05, 4.69) is 20.9 Å². The van der Waals surface area contributed by atoms with Gasteiger partial charge in [-0.15, -0.1) is 0 Å². The number of aliphatic hydroxyl groups is 1. The summed E-state index contributed by atoms with van der Waals surface area (Å²) >= 11 is 0. The van der Waals surface area contributed by atoms with E-state index >= 15 is 0 Å². The van der Waals surface area contributed by atoms with Crippen LogP contribution in [0.5, 0.6) is 0 Å². The van der Waals surface area contributed by atoms with Crippen molar-refractivity contribution in [3.05, 3.63) is 48.0 Å². The van der Waals surface area contributed by atoms with Crippen molar-refractivity contribution in [2.45, 2.75) is 114 Å². The number of carboxylic acid groups (broad SMARTS) is 1. The number of amides is 5. The van der Waals surface area contributed by atoms with Gasteiger partial charge in [0, 0.05) is 24.7 Å². The Morgan fingerprint density at radius 3 is 2.29 bits per heavy atom. The number of carbonyl (C=O) groups excluding carboxylic acids is 4. The van der Waals surface area contributed by atoms with Gasteiger partial charge < -0.3 is 36.8 Å². The molecule has 1 saturated carbocycles. The van der Waals surface area contributed by atoms with Gasteiger partial charge in [0.1, 0.15) is 12.1 Å². The summed E-state index contributed by atoms with van der Waals surface area (Å²) in [6.07, 6.45) is 7.53. The van der Waals surface area contributed by atoms with Gasteiger partial charge in [-0.05, 0) is 86.9 Å². The second kappa shape index (κ2) is 18.3. The van der Waals surface area contributed by atoms with E-state index in [-0.39, 0.29) is 36.7 Å². The van der Waals surface area contributed by atoms with Gasteiger partial charge in [-0.1, -0.05) is 68.9 Å². The summed E-state index contributed by atoms with van der Waals surface area (Å²) in [6.45, 7) is 2.25. The first-order valence-electron chi connectivity index (χ1n) is 18.7. The SMILES string of the molecule is NC(=O)C(O)C(CCCCNC(=O)O)NC(=O)[C@@H]1C[C@@H](N2CCCCC2)CN1C(=O)[C@@H](CC1CCCCC1)NC(=O)c1ccc2ccccc2c1. The fourth-order valence-electron chi connectivity index (χ4n) is 8.07. The molecule has 0 radical (unpaired) electrons. The molecule has 5 rings (SSSR count). The summed E-state index contributed by atoms with van der Waals surface area (Å²) in [5, 5.41) is 29.6. The number of benzene rings is 2. The van der Waals surface area contributed by atoms with E-state index in [1.165, 1.54) is 0 Å². The molecule has 13 nitrogen and oxygen atoms in total. The third kappa shape index (κ3) is 10.4. The second-order valence-electron chi connectivity index (χ2n) is 14.5. The number of fused-ring (bicyclic) bond motifs is 1. The second-order valence-corrected chi connectivity index (χ2v) is 14.5. The number of primary amides is 1. The van der Waals surface area contributed by atoms with Gasteiger partial charge in [0.15, 0.2) is 6.10 Å². The minimum absolute atomic E-state index is 0.0573. The Morgan fingerprint density at radius 2 is 1.59 bits per heavy atom. The van der Waals surface area contributed by atoms with Crippen LogP contribution in [-0.4, -0.2) is 106 Å². The number of hydrogen-bond acceptors (Lipinski definition) is 7. The summed E-state index contributed by atoms with van der Waals surface area (Å²) in [5.74, 6) is -1.86. The molecule has 3 aliphatic rings. The zero-order valence-corrected chi connectivity index (χ0v) is 29.4. The summed E-state index contributed by atoms with van der Waals surface area (Å²) in [6, 6.07) is 10.5. The van der Waals surface area contributed by atoms with Crippen LogP contribution in [0.15, 0.2) is 42.5 Å². The van der Waals surface area contributed by atoms with Gasteiger partial charge in [0.05, 0.1) is 6.04 Å². The average Bonchev–Trinajstić information content (AvgIpc) is 3.59. The molecule has 2 heterocycles. The molecule has 0 aromatic heterocycles. The number of piperidine rings is 1. The highest BCUT2D eigenvalue weighted by atomic mass is 16.4. The van der Waals surface area contributed by atoms with Gasteiger partial charge >= 0.3 is 6.09 Å². The van der Waals surface area contributed by atoms with Crippen molar-refractivity contribution in [1.82, 2.24) is 25.8 Å². The summed E-state index contributed by atoms with van der Waals surface area (Å²) in [4.78, 5) is 69.4. The van der Waals surface area contributed by atoms with Gasteiger partial charge in [-0.3, -0.25) is 24.1 Å². The van der Waals surface area contributed by atoms with E-state index in [9.17, 15) is 29.1 Å². The topological polar surface area (TPSA) is 194 Å². The molecule has 2 aromatic carbocycles. The lowest BCUT2D eigenvalue weighted by Gasteiger charge is -2.33. The fraction of sp³-hybridized carbons (Fsp3) is 0.605. The minimum Gasteiger partial charge on any atom is -0.465 e. The van der Waals surface area contributed by atoms with Crippen LogP contribution in [0.2, 0.25) is 0 Å². The van der Waals surface area contributed by atoms with E-state index in [1.54, 1.807) is 11.0 Å². The molecule has 2 unspecified atom stereocenters. The van der Waals surface area contributed by atoms with Crippen molar-refractivity contribution in [2.24, 2.45) is 11.7 Å². The van der Waals surface area contributed by atoms with E-state index in [4.69, 9.17) is 10.8 Å². The number of rotatable bonds is 15. The maximum absolute atomic E-state index is 14.7. The molecule has 5 amide bonds. The molecule has 51 heavy (non-hydrogen) atoms. The first-order valence-corrected chi connectivity index (χ1v) is 18.7. The van der Waals surface area contributed by atoms with Crippen LogP contribution in [0.3, 0.4) is 0 Å². The number of aliphatic hydroxyl groups excluding tert-OH is 1. The molecule has 5 atom stereocenters. The molecule has 7 N–H and O–H groups in total. The Bertz CT molecular complexity index is 1530. The van der Waals surface area contributed by atoms with Gasteiger partial charge in [0.2, 0.25) is 17.7 Å². The molecule has 3 fully saturated rings. The molecule has 2 aromatic rings. The monoisotopic (exact) mass is 706 g/mol. The summed E-state index contributed by atoms with van der Waals surface area (Å²) < 4.78 is 0. The van der Waals surface area contributed by atoms with Crippen LogP contribution in [0.25, 0.3) is 10.8 Å². The van der Waals surface area contributed by atoms with E-state index in [1.807, 2.05) is 36.4 Å². The van der Waals surface area contributed by atoms with Crippen LogP contribution in [0.1, 0.15) is 93.8 Å². The Hall–Kier alpha value is -4.23. The molecule has 0 bridgehead atoms. The van der Waals surface area contributed by atoms with Crippen molar-refractivity contribution in [1.29, 1.82) is 0 Å². The van der Waals surface area contributed by atoms with Crippen LogP contribution in [-0.2, 0) is 14.4 Å². The largest absolute Gasteiger partial charge is 0.465 e. The quantitative estimate of drug-likeness (QED) is 0.152. The standard InChI is InChI=1S/C38H54N6O7/c39-34(46)33(45)30(15-7-8-18-40-38(50)51)41-36(48)32-23-29(43-19-9-2-10-20-43)24-44(32)37(49)31(21-25-11-3-1-4-12-25)42-35(47)28-17-16-26-13-5-6-14-27(26)22-28/h5-6,13-14,16-17,22,25,29-33,40,45H,1-4,7-12,15,18-21,23-24H2,(H2,39,46)(H,41,48)(H,42,47)(H,50,51)/t29-,30?,31-,32+,33?/m1/s1. The molecule has 2 aliphatic heterocycles. The average molecular weight is 707 g/mol. The predicted molar refractivity (Wildman–Crippen MR) is 193 cm³/mol. The fourth-order valence-corrected chi connectivity index (χ4v) is 8.07. The maximum atomic E-state index is 14.7. The normalized spacial score (nSPS) is 21.8. The lowest BCUT2D eigenvalue weighted by atomic mass is 9.84. The van der Waals surface area contributed by atoms with E-state index in [0.717, 1.165) is 75.2 Å². The first kappa shape index (κ1) is 38.0. The summed E-state index contributed by atoms with van der Waals surface area (Å²) in [5.41, 5.74) is 5.90.